The predicted octanol–water partition coefficient (Wildman–Crippen LogP) is 4.23. The highest BCUT2D eigenvalue weighted by molar-refractivity contribution is 7.98. The van der Waals surface area contributed by atoms with Crippen molar-refractivity contribution in [3.8, 4) is 5.75 Å². The average molecular weight is 362 g/mol. The van der Waals surface area contributed by atoms with E-state index in [0.717, 1.165) is 33.4 Å². The number of hydrogen-bond donors (Lipinski definition) is 0. The third-order valence-corrected chi connectivity index (χ3v) is 5.18. The second-order valence-electron chi connectivity index (χ2n) is 5.85. The van der Waals surface area contributed by atoms with E-state index in [1.54, 1.807) is 18.0 Å². The highest BCUT2D eigenvalue weighted by Gasteiger charge is 2.11. The van der Waals surface area contributed by atoms with Crippen molar-refractivity contribution in [3.05, 3.63) is 78.2 Å². The molecule has 0 aliphatic heterocycles. The van der Waals surface area contributed by atoms with Crippen LogP contribution in [0.15, 0.2) is 72.0 Å². The molecular weight excluding hydrogens is 344 g/mol. The Balaban J connectivity index is 1.45. The van der Waals surface area contributed by atoms with Crippen LogP contribution in [0.4, 0.5) is 0 Å². The van der Waals surface area contributed by atoms with Gasteiger partial charge in [-0.1, -0.05) is 60.3 Å². The molecule has 0 unspecified atom stereocenters. The Kier molecular flexibility index (Phi) is 4.84. The van der Waals surface area contributed by atoms with Crippen molar-refractivity contribution < 1.29 is 4.74 Å². The van der Waals surface area contributed by atoms with Crippen molar-refractivity contribution in [2.24, 2.45) is 7.05 Å². The fraction of sp³-hybridized carbons (Fsp3) is 0.150. The number of hydrogen-bond acceptors (Lipinski definition) is 5. The van der Waals surface area contributed by atoms with Crippen molar-refractivity contribution in [1.29, 1.82) is 0 Å². The fourth-order valence-corrected chi connectivity index (χ4v) is 3.54. The van der Waals surface area contributed by atoms with Gasteiger partial charge in [-0.25, -0.2) is 0 Å². The van der Waals surface area contributed by atoms with Gasteiger partial charge < -0.3 is 9.30 Å². The second-order valence-corrected chi connectivity index (χ2v) is 6.79. The van der Waals surface area contributed by atoms with E-state index in [2.05, 4.69) is 27.3 Å². The van der Waals surface area contributed by atoms with Crippen LogP contribution in [-0.2, 0) is 19.4 Å². The van der Waals surface area contributed by atoms with Gasteiger partial charge in [-0.3, -0.25) is 4.98 Å². The molecule has 5 nitrogen and oxygen atoms in total. The second kappa shape index (κ2) is 7.58. The van der Waals surface area contributed by atoms with E-state index in [0.29, 0.717) is 6.61 Å². The summed E-state index contributed by atoms with van der Waals surface area (Å²) in [6.07, 6.45) is 1.77. The molecule has 0 radical (unpaired) electrons. The van der Waals surface area contributed by atoms with Crippen LogP contribution in [0.1, 0.15) is 11.4 Å². The molecule has 0 aliphatic rings. The maximum absolute atomic E-state index is 5.97. The van der Waals surface area contributed by atoms with E-state index in [1.807, 2.05) is 60.1 Å². The Bertz CT molecular complexity index is 1010. The molecule has 0 saturated carbocycles. The highest BCUT2D eigenvalue weighted by atomic mass is 32.2. The van der Waals surface area contributed by atoms with Gasteiger partial charge in [0, 0.05) is 24.4 Å². The van der Waals surface area contributed by atoms with E-state index >= 15 is 0 Å². The minimum atomic E-state index is 0.352. The quantitative estimate of drug-likeness (QED) is 0.480. The molecule has 0 saturated heterocycles. The summed E-state index contributed by atoms with van der Waals surface area (Å²) >= 11 is 1.67. The molecule has 130 valence electrons. The molecular formula is C20H18N4OS. The molecule has 0 aliphatic carbocycles. The van der Waals surface area contributed by atoms with E-state index in [4.69, 9.17) is 4.74 Å². The largest absolute Gasteiger partial charge is 0.483 e. The van der Waals surface area contributed by atoms with Gasteiger partial charge in [0.15, 0.2) is 11.0 Å². The molecule has 0 fully saturated rings. The van der Waals surface area contributed by atoms with Gasteiger partial charge in [-0.05, 0) is 17.7 Å². The Morgan fingerprint density at radius 3 is 2.69 bits per heavy atom. The van der Waals surface area contributed by atoms with Crippen LogP contribution < -0.4 is 4.74 Å². The number of rotatable bonds is 6. The molecule has 0 atom stereocenters. The van der Waals surface area contributed by atoms with Crippen molar-refractivity contribution in [2.45, 2.75) is 17.5 Å². The smallest absolute Gasteiger partial charge is 0.191 e. The summed E-state index contributed by atoms with van der Waals surface area (Å²) in [7, 11) is 1.97. The van der Waals surface area contributed by atoms with Gasteiger partial charge in [0.2, 0.25) is 0 Å². The third kappa shape index (κ3) is 3.55. The fourth-order valence-electron chi connectivity index (χ4n) is 2.65. The molecule has 0 spiro atoms. The SMILES string of the molecule is Cn1c(COc2cccc3cccnc23)nnc1SCc1ccccc1. The van der Waals surface area contributed by atoms with Crippen LogP contribution in [0.5, 0.6) is 5.75 Å². The van der Waals surface area contributed by atoms with Gasteiger partial charge in [-0.2, -0.15) is 0 Å². The molecule has 2 aromatic carbocycles. The van der Waals surface area contributed by atoms with Crippen LogP contribution in [0.3, 0.4) is 0 Å². The zero-order valence-corrected chi connectivity index (χ0v) is 15.2. The van der Waals surface area contributed by atoms with Crippen LogP contribution in [0.25, 0.3) is 10.9 Å². The maximum atomic E-state index is 5.97. The van der Waals surface area contributed by atoms with Crippen molar-refractivity contribution in [2.75, 3.05) is 0 Å². The molecule has 0 bridgehead atoms. The lowest BCUT2D eigenvalue weighted by molar-refractivity contribution is 0.293. The standard InChI is InChI=1S/C20H18N4OS/c1-24-18(22-23-20(24)26-14-15-7-3-2-4-8-15)13-25-17-11-5-9-16-10-6-12-21-19(16)17/h2-12H,13-14H2,1H3. The molecule has 2 heterocycles. The lowest BCUT2D eigenvalue weighted by Gasteiger charge is -2.08. The number of benzene rings is 2. The summed E-state index contributed by atoms with van der Waals surface area (Å²) in [4.78, 5) is 4.41. The normalized spacial score (nSPS) is 11.0. The summed E-state index contributed by atoms with van der Waals surface area (Å²) in [5.74, 6) is 2.40. The molecule has 4 aromatic rings. The van der Waals surface area contributed by atoms with Crippen molar-refractivity contribution in [3.63, 3.8) is 0 Å². The van der Waals surface area contributed by atoms with Gasteiger partial charge in [0.05, 0.1) is 0 Å². The van der Waals surface area contributed by atoms with Crippen molar-refractivity contribution >= 4 is 22.7 Å². The zero-order chi connectivity index (χ0) is 17.8. The predicted molar refractivity (Wildman–Crippen MR) is 103 cm³/mol. The highest BCUT2D eigenvalue weighted by Crippen LogP contribution is 2.25. The Hall–Kier alpha value is -2.86. The van der Waals surface area contributed by atoms with Gasteiger partial charge in [0.1, 0.15) is 17.9 Å². The molecule has 6 heteroatoms. The molecule has 0 N–H and O–H groups in total. The summed E-state index contributed by atoms with van der Waals surface area (Å²) in [6.45, 7) is 0.352. The Morgan fingerprint density at radius 2 is 1.81 bits per heavy atom. The summed E-state index contributed by atoms with van der Waals surface area (Å²) in [6, 6.07) is 20.2. The maximum Gasteiger partial charge on any atom is 0.191 e. The van der Waals surface area contributed by atoms with Crippen LogP contribution in [0.2, 0.25) is 0 Å². The van der Waals surface area contributed by atoms with Gasteiger partial charge in [0.25, 0.3) is 0 Å². The summed E-state index contributed by atoms with van der Waals surface area (Å²) < 4.78 is 7.95. The number of nitrogens with zero attached hydrogens (tertiary/aromatic N) is 4. The van der Waals surface area contributed by atoms with E-state index in [9.17, 15) is 0 Å². The molecule has 0 amide bonds. The van der Waals surface area contributed by atoms with Crippen molar-refractivity contribution in [1.82, 2.24) is 19.7 Å². The van der Waals surface area contributed by atoms with Gasteiger partial charge in [-0.15, -0.1) is 10.2 Å². The lowest BCUT2D eigenvalue weighted by atomic mass is 10.2. The average Bonchev–Trinajstić information content (AvgIpc) is 3.05. The van der Waals surface area contributed by atoms with Crippen LogP contribution in [0, 0.1) is 0 Å². The van der Waals surface area contributed by atoms with E-state index < -0.39 is 0 Å². The first-order valence-corrected chi connectivity index (χ1v) is 9.31. The minimum Gasteiger partial charge on any atom is -0.483 e. The topological polar surface area (TPSA) is 52.8 Å². The van der Waals surface area contributed by atoms with Crippen LogP contribution >= 0.6 is 11.8 Å². The molecule has 4 rings (SSSR count). The first-order chi connectivity index (χ1) is 12.8. The summed E-state index contributed by atoms with van der Waals surface area (Å²) in [5.41, 5.74) is 2.12. The number of ether oxygens (including phenoxy) is 1. The Morgan fingerprint density at radius 1 is 0.962 bits per heavy atom. The Labute approximate surface area is 156 Å². The zero-order valence-electron chi connectivity index (χ0n) is 14.4. The first-order valence-electron chi connectivity index (χ1n) is 8.33. The monoisotopic (exact) mass is 362 g/mol. The van der Waals surface area contributed by atoms with Gasteiger partial charge >= 0.3 is 0 Å². The molecule has 26 heavy (non-hydrogen) atoms. The third-order valence-electron chi connectivity index (χ3n) is 4.09. The number of thioether (sulfide) groups is 1. The first kappa shape index (κ1) is 16.6. The molecule has 2 aromatic heterocycles. The summed E-state index contributed by atoms with van der Waals surface area (Å²) in [5, 5.41) is 10.5. The minimum absolute atomic E-state index is 0.352. The van der Waals surface area contributed by atoms with Crippen LogP contribution in [-0.4, -0.2) is 19.7 Å². The number of pyridine rings is 1. The number of aromatic nitrogens is 4. The number of fused-ring (bicyclic) bond motifs is 1. The number of para-hydroxylation sites is 1. The van der Waals surface area contributed by atoms with E-state index in [1.165, 1.54) is 5.56 Å². The van der Waals surface area contributed by atoms with E-state index in [-0.39, 0.29) is 0 Å². The lowest BCUT2D eigenvalue weighted by Crippen LogP contribution is -2.04.